The number of likely N-dealkylation sites (N-methyl/N-ethyl adjacent to an activating group) is 2. The van der Waals surface area contributed by atoms with E-state index in [0.717, 1.165) is 57.9 Å². The molecule has 1 rings (SSSR count). The van der Waals surface area contributed by atoms with Crippen LogP contribution >= 0.6 is 11.8 Å². The lowest BCUT2D eigenvalue weighted by atomic mass is 9.97. The number of hydrogen-bond donors (Lipinski definition) is 3. The number of nitrogens with zero attached hydrogens (tertiary/aromatic N) is 3. The molecule has 0 radical (unpaired) electrons. The van der Waals surface area contributed by atoms with Crippen LogP contribution in [-0.4, -0.2) is 125 Å². The van der Waals surface area contributed by atoms with Gasteiger partial charge < -0.3 is 30.5 Å². The Hall–Kier alpha value is -1.40. The largest absolute Gasteiger partial charge is 0.396 e. The maximum absolute atomic E-state index is 13.5. The van der Waals surface area contributed by atoms with Crippen molar-refractivity contribution in [2.75, 3.05) is 65.1 Å². The van der Waals surface area contributed by atoms with Crippen LogP contribution in [0.15, 0.2) is 0 Å². The Morgan fingerprint density at radius 3 is 2.30 bits per heavy atom. The fourth-order valence-electron chi connectivity index (χ4n) is 4.40. The zero-order valence-corrected chi connectivity index (χ0v) is 24.3. The van der Waals surface area contributed by atoms with Crippen molar-refractivity contribution in [1.82, 2.24) is 14.7 Å². The molecule has 0 aromatic carbocycles. The minimum Gasteiger partial charge on any atom is -0.396 e. The van der Waals surface area contributed by atoms with E-state index in [4.69, 9.17) is 10.5 Å². The van der Waals surface area contributed by atoms with Crippen LogP contribution in [0.25, 0.3) is 0 Å². The van der Waals surface area contributed by atoms with Crippen molar-refractivity contribution >= 4 is 29.5 Å². The average Bonchev–Trinajstić information content (AvgIpc) is 2.85. The van der Waals surface area contributed by atoms with E-state index < -0.39 is 23.6 Å². The summed E-state index contributed by atoms with van der Waals surface area (Å²) >= 11 is 1.56. The number of aliphatic hydroxyl groups is 2. The highest BCUT2D eigenvalue weighted by molar-refractivity contribution is 7.99. The number of hydrogen-bond acceptors (Lipinski definition) is 8. The van der Waals surface area contributed by atoms with Crippen LogP contribution in [-0.2, 0) is 19.1 Å². The van der Waals surface area contributed by atoms with Gasteiger partial charge in [0.2, 0.25) is 17.7 Å². The third-order valence-corrected chi connectivity index (χ3v) is 7.92. The molecular formula is C26H50N4O6S. The zero-order chi connectivity index (χ0) is 28.0. The standard InChI is InChI=1S/C26H50N4O6S/c1-6-8-23(32)28(4)22(25(34)29(5)21(24(27)33)17-26(2,3)35)19-37-16-10-20(18-31)9-7-11-30-12-14-36-15-13-30/h20-22,31,35H,6-19H2,1-5H3,(H2,27,33)/t20-,21-,22+/m0/s1. The average molecular weight is 547 g/mol. The van der Waals surface area contributed by atoms with Gasteiger partial charge in [0.25, 0.3) is 0 Å². The van der Waals surface area contributed by atoms with Gasteiger partial charge in [0, 0.05) is 52.4 Å². The first-order chi connectivity index (χ1) is 17.4. The number of carbonyl (C=O) groups excluding carboxylic acids is 3. The molecule has 1 aliphatic rings. The number of nitrogens with two attached hydrogens (primary N) is 1. The molecule has 0 bridgehead atoms. The minimum atomic E-state index is -1.19. The summed E-state index contributed by atoms with van der Waals surface area (Å²) < 4.78 is 5.39. The number of thioether (sulfide) groups is 1. The van der Waals surface area contributed by atoms with Gasteiger partial charge in [0.05, 0.1) is 18.8 Å². The van der Waals surface area contributed by atoms with Gasteiger partial charge in [0.15, 0.2) is 0 Å². The summed E-state index contributed by atoms with van der Waals surface area (Å²) in [6.45, 7) is 9.63. The van der Waals surface area contributed by atoms with E-state index in [1.54, 1.807) is 32.7 Å². The van der Waals surface area contributed by atoms with Crippen LogP contribution in [0.1, 0.15) is 59.3 Å². The van der Waals surface area contributed by atoms with Gasteiger partial charge >= 0.3 is 0 Å². The highest BCUT2D eigenvalue weighted by atomic mass is 32.2. The fourth-order valence-corrected chi connectivity index (χ4v) is 5.66. The van der Waals surface area contributed by atoms with E-state index in [1.165, 1.54) is 16.8 Å². The molecule has 11 heteroatoms. The van der Waals surface area contributed by atoms with Gasteiger partial charge in [-0.05, 0) is 57.7 Å². The topological polar surface area (TPSA) is 137 Å². The van der Waals surface area contributed by atoms with Crippen molar-refractivity contribution in [1.29, 1.82) is 0 Å². The zero-order valence-electron chi connectivity index (χ0n) is 23.5. The Morgan fingerprint density at radius 2 is 1.76 bits per heavy atom. The number of aliphatic hydroxyl groups excluding tert-OH is 1. The Labute approximate surface area is 227 Å². The first-order valence-electron chi connectivity index (χ1n) is 13.4. The van der Waals surface area contributed by atoms with Crippen LogP contribution in [0.4, 0.5) is 0 Å². The molecule has 1 heterocycles. The smallest absolute Gasteiger partial charge is 0.246 e. The highest BCUT2D eigenvalue weighted by Crippen LogP contribution is 2.21. The Kier molecular flexibility index (Phi) is 15.7. The van der Waals surface area contributed by atoms with Gasteiger partial charge in [-0.25, -0.2) is 0 Å². The Morgan fingerprint density at radius 1 is 1.11 bits per heavy atom. The van der Waals surface area contributed by atoms with Crippen LogP contribution in [0.3, 0.4) is 0 Å². The molecule has 0 aromatic heterocycles. The van der Waals surface area contributed by atoms with Crippen LogP contribution in [0.2, 0.25) is 0 Å². The second-order valence-electron chi connectivity index (χ2n) is 10.7. The second-order valence-corrected chi connectivity index (χ2v) is 11.8. The quantitative estimate of drug-likeness (QED) is 0.216. The van der Waals surface area contributed by atoms with Crippen molar-refractivity contribution < 1.29 is 29.3 Å². The van der Waals surface area contributed by atoms with Crippen molar-refractivity contribution in [2.45, 2.75) is 77.0 Å². The van der Waals surface area contributed by atoms with Crippen molar-refractivity contribution in [3.05, 3.63) is 0 Å². The van der Waals surface area contributed by atoms with E-state index in [1.807, 2.05) is 6.92 Å². The third kappa shape index (κ3) is 12.8. The number of carbonyl (C=O) groups is 3. The molecule has 10 nitrogen and oxygen atoms in total. The first-order valence-corrected chi connectivity index (χ1v) is 14.6. The normalized spacial score (nSPS) is 17.2. The number of morpholine rings is 1. The molecule has 37 heavy (non-hydrogen) atoms. The van der Waals surface area contributed by atoms with Gasteiger partial charge in [0.1, 0.15) is 12.1 Å². The molecule has 1 aliphatic heterocycles. The van der Waals surface area contributed by atoms with Gasteiger partial charge in [-0.15, -0.1) is 0 Å². The van der Waals surface area contributed by atoms with E-state index in [-0.39, 0.29) is 30.8 Å². The Bertz CT molecular complexity index is 699. The number of ether oxygens (including phenoxy) is 1. The molecule has 3 amide bonds. The molecule has 3 atom stereocenters. The highest BCUT2D eigenvalue weighted by Gasteiger charge is 2.36. The lowest BCUT2D eigenvalue weighted by molar-refractivity contribution is -0.147. The number of amides is 3. The lowest BCUT2D eigenvalue weighted by Crippen LogP contribution is -2.56. The predicted molar refractivity (Wildman–Crippen MR) is 147 cm³/mol. The fraction of sp³-hybridized carbons (Fsp3) is 0.885. The van der Waals surface area contributed by atoms with E-state index in [0.29, 0.717) is 18.6 Å². The molecule has 0 aliphatic carbocycles. The molecule has 1 fully saturated rings. The van der Waals surface area contributed by atoms with Crippen LogP contribution in [0.5, 0.6) is 0 Å². The predicted octanol–water partition coefficient (Wildman–Crippen LogP) is 0.931. The Balaban J connectivity index is 2.72. The van der Waals surface area contributed by atoms with Crippen molar-refractivity contribution in [3.63, 3.8) is 0 Å². The summed E-state index contributed by atoms with van der Waals surface area (Å²) in [6.07, 6.45) is 3.76. The van der Waals surface area contributed by atoms with Gasteiger partial charge in [-0.1, -0.05) is 6.92 Å². The SMILES string of the molecule is CCCC(=O)N(C)[C@H](CSCC[C@@H](CO)CCCN1CCOCC1)C(=O)N(C)[C@@H](CC(C)(C)O)C(N)=O. The van der Waals surface area contributed by atoms with E-state index in [2.05, 4.69) is 4.90 Å². The molecule has 0 saturated carbocycles. The molecular weight excluding hydrogens is 496 g/mol. The minimum absolute atomic E-state index is 0.000308. The third-order valence-electron chi connectivity index (χ3n) is 6.84. The summed E-state index contributed by atoms with van der Waals surface area (Å²) in [7, 11) is 3.11. The van der Waals surface area contributed by atoms with Crippen molar-refractivity contribution in [3.8, 4) is 0 Å². The summed E-state index contributed by atoms with van der Waals surface area (Å²) in [5.41, 5.74) is 4.37. The maximum Gasteiger partial charge on any atom is 0.246 e. The molecule has 0 spiro atoms. The molecule has 1 saturated heterocycles. The second kappa shape index (κ2) is 17.2. The van der Waals surface area contributed by atoms with Gasteiger partial charge in [-0.2, -0.15) is 11.8 Å². The van der Waals surface area contributed by atoms with Crippen molar-refractivity contribution in [2.24, 2.45) is 11.7 Å². The van der Waals surface area contributed by atoms with Gasteiger partial charge in [-0.3, -0.25) is 19.3 Å². The monoisotopic (exact) mass is 546 g/mol. The van der Waals surface area contributed by atoms with E-state index in [9.17, 15) is 24.6 Å². The summed E-state index contributed by atoms with van der Waals surface area (Å²) in [5, 5.41) is 20.1. The molecule has 0 aromatic rings. The summed E-state index contributed by atoms with van der Waals surface area (Å²) in [5.74, 6) is 0.0935. The molecule has 216 valence electrons. The molecule has 4 N–H and O–H groups in total. The first kappa shape index (κ1) is 33.6. The van der Waals surface area contributed by atoms with Crippen LogP contribution in [0, 0.1) is 5.92 Å². The van der Waals surface area contributed by atoms with Crippen LogP contribution < -0.4 is 5.73 Å². The lowest BCUT2D eigenvalue weighted by Gasteiger charge is -2.35. The summed E-state index contributed by atoms with van der Waals surface area (Å²) in [4.78, 5) is 43.4. The summed E-state index contributed by atoms with van der Waals surface area (Å²) in [6, 6.07) is -1.74. The van der Waals surface area contributed by atoms with E-state index >= 15 is 0 Å². The molecule has 0 unspecified atom stereocenters. The number of rotatable bonds is 18. The number of primary amides is 1. The maximum atomic E-state index is 13.5.